The average molecular weight is 406 g/mol. The summed E-state index contributed by atoms with van der Waals surface area (Å²) in [4.78, 5) is 41.4. The van der Waals surface area contributed by atoms with E-state index in [9.17, 15) is 14.4 Å². The molecule has 3 rings (SSSR count). The molecule has 0 unspecified atom stereocenters. The highest BCUT2D eigenvalue weighted by molar-refractivity contribution is 6.17. The molecule has 30 heavy (non-hydrogen) atoms. The van der Waals surface area contributed by atoms with E-state index in [1.165, 1.54) is 13.3 Å². The molecule has 0 bridgehead atoms. The average Bonchev–Trinajstić information content (AvgIpc) is 2.70. The number of anilines is 1. The molecule has 0 aliphatic heterocycles. The largest absolute Gasteiger partial charge is 0.465 e. The first kappa shape index (κ1) is 21.0. The topological polar surface area (TPSA) is 94.6 Å². The number of nitrogens with zero attached hydrogens (tertiary/aromatic N) is 1. The normalized spacial score (nSPS) is 11.1. The quantitative estimate of drug-likeness (QED) is 0.503. The molecule has 0 radical (unpaired) electrons. The van der Waals surface area contributed by atoms with Crippen LogP contribution in [0.1, 0.15) is 47.2 Å². The number of amides is 1. The van der Waals surface area contributed by atoms with E-state index in [1.807, 2.05) is 0 Å². The van der Waals surface area contributed by atoms with Gasteiger partial charge in [0.25, 0.3) is 0 Å². The number of benzene rings is 2. The number of rotatable bonds is 4. The highest BCUT2D eigenvalue weighted by atomic mass is 16.6. The number of aromatic nitrogens is 1. The fraction of sp³-hybridized carbons (Fsp3) is 0.217. The number of hydrogen-bond donors (Lipinski definition) is 1. The van der Waals surface area contributed by atoms with Gasteiger partial charge < -0.3 is 9.47 Å². The number of fused-ring (bicyclic) bond motifs is 1. The summed E-state index contributed by atoms with van der Waals surface area (Å²) in [5, 5.41) is 3.73. The lowest BCUT2D eigenvalue weighted by Gasteiger charge is -2.19. The Hall–Kier alpha value is -3.74. The van der Waals surface area contributed by atoms with Gasteiger partial charge in [0.15, 0.2) is 0 Å². The van der Waals surface area contributed by atoms with Crippen molar-refractivity contribution in [2.75, 3.05) is 12.4 Å². The third kappa shape index (κ3) is 4.63. The standard InChI is InChI=1S/C23H22N2O5/c1-23(2,3)30-22(28)25-15-9-7-8-14(12-15)20(26)19-17-11-6-5-10-16(17)18(13-24-19)21(27)29-4/h5-13H,1-4H3,(H,25,28). The highest BCUT2D eigenvalue weighted by Gasteiger charge is 2.20. The fourth-order valence-electron chi connectivity index (χ4n) is 2.94. The summed E-state index contributed by atoms with van der Waals surface area (Å²) in [5.41, 5.74) is 0.608. The van der Waals surface area contributed by atoms with Crippen LogP contribution in [-0.2, 0) is 9.47 Å². The van der Waals surface area contributed by atoms with Gasteiger partial charge in [-0.05, 0) is 32.9 Å². The van der Waals surface area contributed by atoms with E-state index in [-0.39, 0.29) is 17.0 Å². The molecule has 0 saturated heterocycles. The van der Waals surface area contributed by atoms with Gasteiger partial charge in [0.05, 0.1) is 12.7 Å². The number of esters is 1. The van der Waals surface area contributed by atoms with Gasteiger partial charge in [0.1, 0.15) is 11.3 Å². The number of methoxy groups -OCH3 is 1. The first-order valence-corrected chi connectivity index (χ1v) is 9.30. The maximum absolute atomic E-state index is 13.2. The molecule has 0 aliphatic rings. The first-order chi connectivity index (χ1) is 14.2. The van der Waals surface area contributed by atoms with Gasteiger partial charge in [-0.2, -0.15) is 0 Å². The van der Waals surface area contributed by atoms with Crippen LogP contribution in [-0.4, -0.2) is 35.5 Å². The summed E-state index contributed by atoms with van der Waals surface area (Å²) in [6, 6.07) is 13.5. The summed E-state index contributed by atoms with van der Waals surface area (Å²) in [5.74, 6) is -0.864. The molecule has 1 N–H and O–H groups in total. The smallest absolute Gasteiger partial charge is 0.412 e. The van der Waals surface area contributed by atoms with Gasteiger partial charge in [-0.15, -0.1) is 0 Å². The van der Waals surface area contributed by atoms with Crippen LogP contribution in [0.2, 0.25) is 0 Å². The first-order valence-electron chi connectivity index (χ1n) is 9.30. The van der Waals surface area contributed by atoms with Crippen molar-refractivity contribution in [3.05, 3.63) is 71.5 Å². The number of ether oxygens (including phenoxy) is 2. The second-order valence-electron chi connectivity index (χ2n) is 7.59. The van der Waals surface area contributed by atoms with Crippen molar-refractivity contribution >= 4 is 34.3 Å². The molecule has 1 amide bonds. The van der Waals surface area contributed by atoms with Crippen LogP contribution < -0.4 is 5.32 Å². The van der Waals surface area contributed by atoms with Crippen LogP contribution >= 0.6 is 0 Å². The van der Waals surface area contributed by atoms with Crippen molar-refractivity contribution in [2.45, 2.75) is 26.4 Å². The molecule has 0 saturated carbocycles. The SMILES string of the molecule is COC(=O)c1cnc(C(=O)c2cccc(NC(=O)OC(C)(C)C)c2)c2ccccc12. The van der Waals surface area contributed by atoms with Gasteiger partial charge >= 0.3 is 12.1 Å². The number of ketones is 1. The second kappa shape index (κ2) is 8.32. The van der Waals surface area contributed by atoms with Crippen LogP contribution in [0.3, 0.4) is 0 Å². The molecule has 1 heterocycles. The Morgan fingerprint density at radius 1 is 0.967 bits per heavy atom. The van der Waals surface area contributed by atoms with E-state index in [2.05, 4.69) is 10.3 Å². The highest BCUT2D eigenvalue weighted by Crippen LogP contribution is 2.24. The Labute approximate surface area is 174 Å². The molecular weight excluding hydrogens is 384 g/mol. The number of carbonyl (C=O) groups excluding carboxylic acids is 3. The maximum atomic E-state index is 13.2. The molecule has 7 heteroatoms. The van der Waals surface area contributed by atoms with Crippen molar-refractivity contribution in [3.8, 4) is 0 Å². The Bertz CT molecular complexity index is 1130. The summed E-state index contributed by atoms with van der Waals surface area (Å²) in [6.45, 7) is 5.30. The minimum atomic E-state index is -0.637. The number of nitrogens with one attached hydrogen (secondary N) is 1. The molecule has 7 nitrogen and oxygen atoms in total. The van der Waals surface area contributed by atoms with E-state index in [0.717, 1.165) is 0 Å². The van der Waals surface area contributed by atoms with Gasteiger partial charge in [0, 0.05) is 28.2 Å². The lowest BCUT2D eigenvalue weighted by atomic mass is 9.99. The van der Waals surface area contributed by atoms with E-state index in [0.29, 0.717) is 22.0 Å². The maximum Gasteiger partial charge on any atom is 0.412 e. The number of carbonyl (C=O) groups is 3. The van der Waals surface area contributed by atoms with Gasteiger partial charge in [-0.25, -0.2) is 9.59 Å². The summed E-state index contributed by atoms with van der Waals surface area (Å²) in [7, 11) is 1.29. The zero-order valence-corrected chi connectivity index (χ0v) is 17.2. The zero-order valence-electron chi connectivity index (χ0n) is 17.2. The van der Waals surface area contributed by atoms with Crippen LogP contribution in [0.4, 0.5) is 10.5 Å². The van der Waals surface area contributed by atoms with Crippen LogP contribution in [0.25, 0.3) is 10.8 Å². The van der Waals surface area contributed by atoms with Crippen LogP contribution in [0.15, 0.2) is 54.7 Å². The molecular formula is C23H22N2O5. The molecule has 0 fully saturated rings. The molecule has 0 spiro atoms. The summed E-state index contributed by atoms with van der Waals surface area (Å²) >= 11 is 0. The van der Waals surface area contributed by atoms with Crippen molar-refractivity contribution in [1.29, 1.82) is 0 Å². The lowest BCUT2D eigenvalue weighted by molar-refractivity contribution is 0.0599. The van der Waals surface area contributed by atoms with Crippen LogP contribution in [0.5, 0.6) is 0 Å². The molecule has 154 valence electrons. The molecule has 0 atom stereocenters. The fourth-order valence-corrected chi connectivity index (χ4v) is 2.94. The lowest BCUT2D eigenvalue weighted by Crippen LogP contribution is -2.27. The predicted molar refractivity (Wildman–Crippen MR) is 113 cm³/mol. The van der Waals surface area contributed by atoms with E-state index >= 15 is 0 Å². The Balaban J connectivity index is 1.95. The minimum absolute atomic E-state index is 0.202. The van der Waals surface area contributed by atoms with E-state index < -0.39 is 17.7 Å². The van der Waals surface area contributed by atoms with Gasteiger partial charge in [-0.3, -0.25) is 15.1 Å². The van der Waals surface area contributed by atoms with E-state index in [1.54, 1.807) is 69.3 Å². The van der Waals surface area contributed by atoms with E-state index in [4.69, 9.17) is 9.47 Å². The van der Waals surface area contributed by atoms with Crippen molar-refractivity contribution in [2.24, 2.45) is 0 Å². The summed E-state index contributed by atoms with van der Waals surface area (Å²) in [6.07, 6.45) is 0.725. The molecule has 2 aromatic carbocycles. The molecule has 1 aromatic heterocycles. The third-order valence-electron chi connectivity index (χ3n) is 4.19. The number of hydrogen-bond acceptors (Lipinski definition) is 6. The van der Waals surface area contributed by atoms with Crippen molar-refractivity contribution in [3.63, 3.8) is 0 Å². The second-order valence-corrected chi connectivity index (χ2v) is 7.59. The Morgan fingerprint density at radius 3 is 2.33 bits per heavy atom. The minimum Gasteiger partial charge on any atom is -0.465 e. The Kier molecular flexibility index (Phi) is 5.82. The van der Waals surface area contributed by atoms with Gasteiger partial charge in [-0.1, -0.05) is 36.4 Å². The Morgan fingerprint density at radius 2 is 1.67 bits per heavy atom. The zero-order chi connectivity index (χ0) is 21.9. The van der Waals surface area contributed by atoms with Crippen molar-refractivity contribution < 1.29 is 23.9 Å². The monoisotopic (exact) mass is 406 g/mol. The summed E-state index contributed by atoms with van der Waals surface area (Å²) < 4.78 is 10.0. The van der Waals surface area contributed by atoms with Gasteiger partial charge in [0.2, 0.25) is 5.78 Å². The van der Waals surface area contributed by atoms with Crippen molar-refractivity contribution in [1.82, 2.24) is 4.98 Å². The molecule has 0 aliphatic carbocycles. The molecule has 3 aromatic rings. The predicted octanol–water partition coefficient (Wildman–Crippen LogP) is 4.60. The number of pyridine rings is 1. The third-order valence-corrected chi connectivity index (χ3v) is 4.19. The van der Waals surface area contributed by atoms with Crippen LogP contribution in [0, 0.1) is 0 Å².